The standard InChI is InChI=1S/C22H37NO2SSi3/c1-27(2,19-11-17-23)24-29(21-13-7-5-8-14-21,22-15-9-6-10-16-22)25-28(3,4)20-12-18-26/h5-10,13-16,26H,11-12,17-20,23H2,1-4H3. The van der Waals surface area contributed by atoms with Crippen LogP contribution in [0.4, 0.5) is 0 Å². The molecule has 7 heteroatoms. The minimum absolute atomic E-state index is 0.702. The third kappa shape index (κ3) is 7.20. The van der Waals surface area contributed by atoms with Crippen LogP contribution in [-0.4, -0.2) is 37.5 Å². The van der Waals surface area contributed by atoms with Gasteiger partial charge in [-0.05, 0) is 73.8 Å². The predicted octanol–water partition coefficient (Wildman–Crippen LogP) is 4.36. The number of benzene rings is 2. The van der Waals surface area contributed by atoms with E-state index in [9.17, 15) is 0 Å². The Morgan fingerprint density at radius 1 is 0.724 bits per heavy atom. The Morgan fingerprint density at radius 2 is 1.14 bits per heavy atom. The summed E-state index contributed by atoms with van der Waals surface area (Å²) in [5, 5.41) is 2.40. The van der Waals surface area contributed by atoms with Gasteiger partial charge in [0.2, 0.25) is 0 Å². The summed E-state index contributed by atoms with van der Waals surface area (Å²) in [6, 6.07) is 23.4. The maximum absolute atomic E-state index is 7.24. The van der Waals surface area contributed by atoms with Gasteiger partial charge < -0.3 is 14.0 Å². The molecular formula is C22H37NO2SSi3. The van der Waals surface area contributed by atoms with Crippen molar-refractivity contribution in [1.82, 2.24) is 0 Å². The molecule has 0 atom stereocenters. The van der Waals surface area contributed by atoms with Gasteiger partial charge in [0.15, 0.2) is 16.6 Å². The van der Waals surface area contributed by atoms with Crippen LogP contribution in [0.25, 0.3) is 0 Å². The largest absolute Gasteiger partial charge is 0.430 e. The maximum atomic E-state index is 7.24. The highest BCUT2D eigenvalue weighted by molar-refractivity contribution is 7.80. The van der Waals surface area contributed by atoms with Gasteiger partial charge in [-0.25, -0.2) is 0 Å². The van der Waals surface area contributed by atoms with E-state index in [1.165, 1.54) is 10.4 Å². The minimum Gasteiger partial charge on any atom is -0.430 e. The zero-order valence-corrected chi connectivity index (χ0v) is 22.3. The zero-order chi connectivity index (χ0) is 21.4. The average molecular weight is 464 g/mol. The van der Waals surface area contributed by atoms with Gasteiger partial charge in [-0.1, -0.05) is 60.7 Å². The lowest BCUT2D eigenvalue weighted by atomic mass is 10.4. The highest BCUT2D eigenvalue weighted by Crippen LogP contribution is 2.26. The normalized spacial score (nSPS) is 12.9. The molecule has 2 N–H and O–H groups in total. The van der Waals surface area contributed by atoms with E-state index in [0.717, 1.165) is 30.7 Å². The Balaban J connectivity index is 2.59. The summed E-state index contributed by atoms with van der Waals surface area (Å²) < 4.78 is 14.5. The highest BCUT2D eigenvalue weighted by Gasteiger charge is 2.49. The molecule has 0 fully saturated rings. The van der Waals surface area contributed by atoms with E-state index in [1.807, 2.05) is 0 Å². The number of thiol groups is 1. The van der Waals surface area contributed by atoms with E-state index >= 15 is 0 Å². The molecule has 0 aromatic heterocycles. The molecule has 0 aliphatic rings. The van der Waals surface area contributed by atoms with Gasteiger partial charge in [0.1, 0.15) is 0 Å². The number of nitrogens with two attached hydrogens (primary N) is 1. The first kappa shape index (κ1) is 24.6. The number of hydrogen-bond donors (Lipinski definition) is 2. The summed E-state index contributed by atoms with van der Waals surface area (Å²) in [6.07, 6.45) is 2.07. The molecule has 0 amide bonds. The molecule has 0 heterocycles. The Labute approximate surface area is 185 Å². The van der Waals surface area contributed by atoms with E-state index in [-0.39, 0.29) is 0 Å². The Hall–Kier alpha value is -0.679. The van der Waals surface area contributed by atoms with Crippen molar-refractivity contribution < 1.29 is 8.23 Å². The summed E-state index contributed by atoms with van der Waals surface area (Å²) in [4.78, 5) is 0. The highest BCUT2D eigenvalue weighted by atomic mass is 32.1. The van der Waals surface area contributed by atoms with Crippen molar-refractivity contribution in [2.75, 3.05) is 12.3 Å². The van der Waals surface area contributed by atoms with Gasteiger partial charge in [-0.2, -0.15) is 12.6 Å². The van der Waals surface area contributed by atoms with E-state index in [4.69, 9.17) is 14.0 Å². The fraction of sp³-hybridized carbons (Fsp3) is 0.455. The topological polar surface area (TPSA) is 44.5 Å². The predicted molar refractivity (Wildman–Crippen MR) is 137 cm³/mol. The van der Waals surface area contributed by atoms with Crippen LogP contribution in [0.1, 0.15) is 12.8 Å². The van der Waals surface area contributed by atoms with Gasteiger partial charge >= 0.3 is 8.56 Å². The van der Waals surface area contributed by atoms with Crippen LogP contribution in [-0.2, 0) is 8.23 Å². The van der Waals surface area contributed by atoms with Crippen molar-refractivity contribution in [3.63, 3.8) is 0 Å². The van der Waals surface area contributed by atoms with Gasteiger partial charge in [-0.3, -0.25) is 0 Å². The molecule has 29 heavy (non-hydrogen) atoms. The molecule has 0 spiro atoms. The van der Waals surface area contributed by atoms with Crippen LogP contribution in [0, 0.1) is 0 Å². The lowest BCUT2D eigenvalue weighted by molar-refractivity contribution is 0.405. The molecule has 0 unspecified atom stereocenters. The molecule has 0 aliphatic carbocycles. The molecule has 160 valence electrons. The Bertz CT molecular complexity index is 666. The SMILES string of the molecule is C[Si](C)(CCCN)O[Si](O[Si](C)(C)CCCS)(c1ccccc1)c1ccccc1. The molecule has 2 rings (SSSR count). The summed E-state index contributed by atoms with van der Waals surface area (Å²) >= 11 is 4.43. The molecule has 0 saturated heterocycles. The quantitative estimate of drug-likeness (QED) is 0.363. The second kappa shape index (κ2) is 11.1. The number of rotatable bonds is 12. The zero-order valence-electron chi connectivity index (χ0n) is 18.4. The van der Waals surface area contributed by atoms with Gasteiger partial charge in [0, 0.05) is 0 Å². The van der Waals surface area contributed by atoms with Crippen LogP contribution >= 0.6 is 12.6 Å². The summed E-state index contributed by atoms with van der Waals surface area (Å²) in [7, 11) is -6.82. The smallest absolute Gasteiger partial charge is 0.386 e. The van der Waals surface area contributed by atoms with Crippen molar-refractivity contribution in [3.05, 3.63) is 60.7 Å². The van der Waals surface area contributed by atoms with E-state index in [1.54, 1.807) is 0 Å². The van der Waals surface area contributed by atoms with Crippen LogP contribution in [0.3, 0.4) is 0 Å². The lowest BCUT2D eigenvalue weighted by Gasteiger charge is -2.43. The van der Waals surface area contributed by atoms with E-state index in [0.29, 0.717) is 6.54 Å². The maximum Gasteiger partial charge on any atom is 0.386 e. The molecule has 2 aromatic rings. The number of hydrogen-bond acceptors (Lipinski definition) is 4. The van der Waals surface area contributed by atoms with Gasteiger partial charge in [0.25, 0.3) is 0 Å². The van der Waals surface area contributed by atoms with Crippen LogP contribution in [0.15, 0.2) is 60.7 Å². The third-order valence-corrected chi connectivity index (χ3v) is 17.4. The summed E-state index contributed by atoms with van der Waals surface area (Å²) in [5.41, 5.74) is 5.82. The first-order valence-electron chi connectivity index (χ1n) is 10.6. The summed E-state index contributed by atoms with van der Waals surface area (Å²) in [6.45, 7) is 9.96. The Morgan fingerprint density at radius 3 is 1.52 bits per heavy atom. The molecular weight excluding hydrogens is 427 g/mol. The average Bonchev–Trinajstić information content (AvgIpc) is 2.71. The van der Waals surface area contributed by atoms with Gasteiger partial charge in [-0.15, -0.1) is 0 Å². The third-order valence-electron chi connectivity index (χ3n) is 5.07. The van der Waals surface area contributed by atoms with E-state index < -0.39 is 25.2 Å². The fourth-order valence-corrected chi connectivity index (χ4v) is 17.3. The minimum atomic E-state index is -2.86. The monoisotopic (exact) mass is 463 g/mol. The molecule has 3 nitrogen and oxygen atoms in total. The Kier molecular flexibility index (Phi) is 9.40. The van der Waals surface area contributed by atoms with Crippen molar-refractivity contribution in [1.29, 1.82) is 0 Å². The van der Waals surface area contributed by atoms with Crippen molar-refractivity contribution >= 4 is 48.2 Å². The molecule has 0 bridgehead atoms. The van der Waals surface area contributed by atoms with Crippen LogP contribution < -0.4 is 16.1 Å². The molecule has 0 radical (unpaired) electrons. The van der Waals surface area contributed by atoms with Crippen LogP contribution in [0.5, 0.6) is 0 Å². The van der Waals surface area contributed by atoms with Crippen molar-refractivity contribution in [2.24, 2.45) is 5.73 Å². The van der Waals surface area contributed by atoms with Crippen molar-refractivity contribution in [3.8, 4) is 0 Å². The lowest BCUT2D eigenvalue weighted by Crippen LogP contribution is -2.70. The van der Waals surface area contributed by atoms with Gasteiger partial charge in [0.05, 0.1) is 0 Å². The first-order valence-corrected chi connectivity index (χ1v) is 19.2. The molecule has 0 aliphatic heterocycles. The van der Waals surface area contributed by atoms with Crippen LogP contribution in [0.2, 0.25) is 38.3 Å². The second-order valence-electron chi connectivity index (χ2n) is 8.79. The first-order chi connectivity index (χ1) is 13.7. The fourth-order valence-electron chi connectivity index (χ4n) is 3.65. The second-order valence-corrected chi connectivity index (χ2v) is 21.3. The summed E-state index contributed by atoms with van der Waals surface area (Å²) in [5.74, 6) is 0.891. The molecule has 0 saturated carbocycles. The molecule has 2 aromatic carbocycles. The van der Waals surface area contributed by atoms with Crippen molar-refractivity contribution in [2.45, 2.75) is 51.1 Å². The van der Waals surface area contributed by atoms with E-state index in [2.05, 4.69) is 99.5 Å².